The van der Waals surface area contributed by atoms with E-state index in [1.165, 1.54) is 0 Å². The lowest BCUT2D eigenvalue weighted by Gasteiger charge is -2.18. The van der Waals surface area contributed by atoms with Crippen LogP contribution < -0.4 is 11.0 Å². The van der Waals surface area contributed by atoms with Crippen LogP contribution in [0, 0.1) is 5.89 Å². The van der Waals surface area contributed by atoms with Crippen LogP contribution in [0.2, 0.25) is 1.41 Å². The van der Waals surface area contributed by atoms with E-state index in [9.17, 15) is 4.79 Å². The predicted molar refractivity (Wildman–Crippen MR) is 34.8 cm³/mol. The number of nitrogens with one attached hydrogen (secondary N) is 1. The van der Waals surface area contributed by atoms with Gasteiger partial charge >= 0.3 is 0 Å². The average Bonchev–Trinajstić information content (AvgIpc) is 2.23. The fourth-order valence-electron chi connectivity index (χ4n) is 0.386. The van der Waals surface area contributed by atoms with Crippen LogP contribution in [0.15, 0.2) is 0 Å². The quantitative estimate of drug-likeness (QED) is 0.510. The maximum Gasteiger partial charge on any atom is 0.220 e. The Morgan fingerprint density at radius 1 is 2.00 bits per heavy atom. The van der Waals surface area contributed by atoms with E-state index in [2.05, 4.69) is 0 Å². The fraction of sp³-hybridized carbons (Fsp3) is 0.833. The molecule has 1 heterocycles. The number of amides is 1. The molecule has 52 valence electrons. The second-order valence-corrected chi connectivity index (χ2v) is 1.38. The molecule has 0 saturated carbocycles. The molecule has 0 aromatic heterocycles. The van der Waals surface area contributed by atoms with Crippen LogP contribution in [0.25, 0.3) is 0 Å². The van der Waals surface area contributed by atoms with Gasteiger partial charge in [-0.3, -0.25) is 4.79 Å². The molecule has 1 amide bonds. The molecule has 0 aromatic rings. The molecule has 1 aliphatic rings. The van der Waals surface area contributed by atoms with Crippen molar-refractivity contribution in [2.24, 2.45) is 11.6 Å². The SMILES string of the molecule is [2H]C1N([2H])C([2H])([2H])C([2H])([2H])C([2H])(C(N)=O)C1([2H])[2H]. The van der Waals surface area contributed by atoms with Crippen molar-refractivity contribution in [2.45, 2.75) is 12.7 Å². The molecule has 3 nitrogen and oxygen atoms in total. The highest BCUT2D eigenvalue weighted by molar-refractivity contribution is 5.76. The molecule has 0 radical (unpaired) electrons. The first kappa shape index (κ1) is 1.53. The Morgan fingerprint density at radius 3 is 3.44 bits per heavy atom. The highest BCUT2D eigenvalue weighted by Crippen LogP contribution is 2.09. The lowest BCUT2D eigenvalue weighted by atomic mass is 9.98. The number of rotatable bonds is 1. The van der Waals surface area contributed by atoms with Crippen LogP contribution >= 0.6 is 0 Å². The summed E-state index contributed by atoms with van der Waals surface area (Å²) in [6, 6.07) is 0. The summed E-state index contributed by atoms with van der Waals surface area (Å²) in [5.41, 5.74) is 4.85. The largest absolute Gasteiger partial charge is 0.369 e. The number of carbonyl (C=O) groups is 1. The highest BCUT2D eigenvalue weighted by atomic mass is 16.1. The molecule has 1 rings (SSSR count). The predicted octanol–water partition coefficient (Wildman–Crippen LogP) is -0.529. The summed E-state index contributed by atoms with van der Waals surface area (Å²) in [5.74, 6) is -5.03. The lowest BCUT2D eigenvalue weighted by molar-refractivity contribution is -0.122. The van der Waals surface area contributed by atoms with Gasteiger partial charge in [-0.2, -0.15) is 0 Å². The van der Waals surface area contributed by atoms with Crippen LogP contribution in [0.5, 0.6) is 0 Å². The van der Waals surface area contributed by atoms with Gasteiger partial charge in [0.1, 0.15) is 1.41 Å². The number of piperidine rings is 1. The van der Waals surface area contributed by atoms with E-state index in [1.54, 1.807) is 0 Å². The molecule has 0 bridgehead atoms. The first-order valence-electron chi connectivity index (χ1n) is 6.79. The number of nitrogens with two attached hydrogens (primary N) is 1. The molecule has 1 fully saturated rings. The van der Waals surface area contributed by atoms with Crippen LogP contribution in [0.4, 0.5) is 0 Å². The zero-order valence-corrected chi connectivity index (χ0v) is 4.51. The Morgan fingerprint density at radius 2 is 2.78 bits per heavy atom. The first-order valence-corrected chi connectivity index (χ1v) is 2.26. The first-order chi connectivity index (χ1) is 7.76. The monoisotopic (exact) mass is 137 g/mol. The van der Waals surface area contributed by atoms with Gasteiger partial charge in [-0.15, -0.1) is 0 Å². The second-order valence-electron chi connectivity index (χ2n) is 1.38. The Bertz CT molecular complexity index is 385. The number of carbonyl (C=O) groups excluding carboxylic acids is 1. The molecule has 0 spiro atoms. The molecule has 9 heavy (non-hydrogen) atoms. The molecule has 1 saturated heterocycles. The normalized spacial score (nSPS) is 77.8. The molecule has 2 atom stereocenters. The van der Waals surface area contributed by atoms with Crippen molar-refractivity contribution in [3.63, 3.8) is 0 Å². The van der Waals surface area contributed by atoms with E-state index in [1.807, 2.05) is 0 Å². The van der Waals surface area contributed by atoms with E-state index >= 15 is 0 Å². The minimum Gasteiger partial charge on any atom is -0.369 e. The second kappa shape index (κ2) is 2.82. The third kappa shape index (κ3) is 1.68. The minimum atomic E-state index is -3.39. The highest BCUT2D eigenvalue weighted by Gasteiger charge is 2.17. The van der Waals surface area contributed by atoms with E-state index in [4.69, 9.17) is 18.1 Å². The van der Waals surface area contributed by atoms with Crippen molar-refractivity contribution in [1.82, 2.24) is 5.31 Å². The van der Waals surface area contributed by atoms with Gasteiger partial charge in [-0.1, -0.05) is 0 Å². The van der Waals surface area contributed by atoms with E-state index < -0.39 is 37.6 Å². The van der Waals surface area contributed by atoms with Crippen molar-refractivity contribution in [3.8, 4) is 0 Å². The average molecular weight is 137 g/mol. The summed E-state index contributed by atoms with van der Waals surface area (Å²) in [6.45, 7) is -5.47. The molecule has 0 aromatic carbocycles. The summed E-state index contributed by atoms with van der Waals surface area (Å²) >= 11 is 0. The number of hydrogen-bond acceptors (Lipinski definition) is 2. The molecule has 3 heteroatoms. The number of hydrogen-bond donors (Lipinski definition) is 2. The van der Waals surface area contributed by atoms with Gasteiger partial charge in [-0.25, -0.2) is 0 Å². The zero-order valence-electron chi connectivity index (χ0n) is 13.5. The zero-order chi connectivity index (χ0) is 14.7. The Kier molecular flexibility index (Phi) is 0.481. The summed E-state index contributed by atoms with van der Waals surface area (Å²) in [5, 5.41) is -0.233. The summed E-state index contributed by atoms with van der Waals surface area (Å²) in [4.78, 5) is 11.3. The summed E-state index contributed by atoms with van der Waals surface area (Å²) in [7, 11) is 0. The van der Waals surface area contributed by atoms with Crippen LogP contribution in [0.1, 0.15) is 23.7 Å². The fourth-order valence-corrected chi connectivity index (χ4v) is 0.386. The van der Waals surface area contributed by atoms with Crippen molar-refractivity contribution in [2.75, 3.05) is 13.0 Å². The maximum absolute atomic E-state index is 11.3. The third-order valence-electron chi connectivity index (χ3n) is 0.765. The molecular weight excluding hydrogens is 116 g/mol. The molecule has 3 N–H and O–H groups in total. The molecule has 2 unspecified atom stereocenters. The van der Waals surface area contributed by atoms with Gasteiger partial charge < -0.3 is 11.0 Å². The third-order valence-corrected chi connectivity index (χ3v) is 0.765. The van der Waals surface area contributed by atoms with Gasteiger partial charge in [0.2, 0.25) is 5.91 Å². The van der Waals surface area contributed by atoms with Gasteiger partial charge in [0, 0.05) is 16.9 Å². The smallest absolute Gasteiger partial charge is 0.220 e. The standard InChI is InChI=1S/C6H12N2O/c7-6(9)5-1-3-8-4-2-5/h5,8H,1-4H2,(H2,7,9)/i1D2,2D2,3D,4D2,5D/hD. The van der Waals surface area contributed by atoms with E-state index in [-0.39, 0.29) is 5.31 Å². The Hall–Kier alpha value is -0.570. The van der Waals surface area contributed by atoms with Crippen molar-refractivity contribution >= 4 is 5.91 Å². The number of primary amides is 1. The Labute approximate surface area is 67.3 Å². The molecule has 0 aliphatic carbocycles. The van der Waals surface area contributed by atoms with E-state index in [0.29, 0.717) is 0 Å². The van der Waals surface area contributed by atoms with Crippen LogP contribution in [-0.2, 0) is 4.79 Å². The maximum atomic E-state index is 11.3. The van der Waals surface area contributed by atoms with E-state index in [0.717, 1.165) is 0 Å². The van der Waals surface area contributed by atoms with Crippen molar-refractivity contribution in [3.05, 3.63) is 0 Å². The van der Waals surface area contributed by atoms with Crippen LogP contribution in [-0.4, -0.2) is 18.9 Å². The van der Waals surface area contributed by atoms with Gasteiger partial charge in [-0.05, 0) is 25.8 Å². The lowest BCUT2D eigenvalue weighted by Crippen LogP contribution is -2.34. The topological polar surface area (TPSA) is 55.1 Å². The van der Waals surface area contributed by atoms with Gasteiger partial charge in [0.25, 0.3) is 0 Å². The molecular formula is C6H12N2O. The Balaban J connectivity index is 3.61. The van der Waals surface area contributed by atoms with Gasteiger partial charge in [0.15, 0.2) is 0 Å². The van der Waals surface area contributed by atoms with Gasteiger partial charge in [0.05, 0.1) is 0 Å². The van der Waals surface area contributed by atoms with Crippen molar-refractivity contribution < 1.29 is 17.2 Å². The van der Waals surface area contributed by atoms with Crippen LogP contribution in [0.3, 0.4) is 0 Å². The minimum absolute atomic E-state index is 0.233. The summed E-state index contributed by atoms with van der Waals surface area (Å²) in [6.07, 6.45) is -6.54. The van der Waals surface area contributed by atoms with Crippen molar-refractivity contribution in [1.29, 1.82) is 0 Å². The molecule has 1 aliphatic heterocycles. The summed E-state index contributed by atoms with van der Waals surface area (Å²) < 4.78 is 67.2.